The second-order valence-electron chi connectivity index (χ2n) is 9.16. The number of amides is 3. The van der Waals surface area contributed by atoms with Crippen molar-refractivity contribution in [3.05, 3.63) is 53.9 Å². The summed E-state index contributed by atoms with van der Waals surface area (Å²) < 4.78 is 21.6. The van der Waals surface area contributed by atoms with Crippen LogP contribution >= 0.6 is 0 Å². The normalized spacial score (nSPS) is 22.7. The molecule has 186 valence electrons. The van der Waals surface area contributed by atoms with Gasteiger partial charge in [-0.3, -0.25) is 24.1 Å². The Bertz CT molecular complexity index is 1150. The fourth-order valence-corrected chi connectivity index (χ4v) is 5.08. The van der Waals surface area contributed by atoms with E-state index in [4.69, 9.17) is 4.74 Å². The lowest BCUT2D eigenvalue weighted by molar-refractivity contribution is -0.143. The van der Waals surface area contributed by atoms with Gasteiger partial charge in [0.05, 0.1) is 18.6 Å². The largest absolute Gasteiger partial charge is 0.383 e. The molecule has 2 atom stereocenters. The van der Waals surface area contributed by atoms with Crippen LogP contribution in [0.2, 0.25) is 0 Å². The number of benzene rings is 1. The van der Waals surface area contributed by atoms with Gasteiger partial charge in [-0.25, -0.2) is 9.37 Å². The van der Waals surface area contributed by atoms with Gasteiger partial charge in [0, 0.05) is 64.0 Å². The van der Waals surface area contributed by atoms with Gasteiger partial charge in [-0.15, -0.1) is 0 Å². The predicted octanol–water partition coefficient (Wildman–Crippen LogP) is 1.71. The molecule has 10 heteroatoms. The van der Waals surface area contributed by atoms with Gasteiger partial charge in [0.2, 0.25) is 23.5 Å². The molecule has 0 bridgehead atoms. The van der Waals surface area contributed by atoms with E-state index < -0.39 is 29.0 Å². The lowest BCUT2D eigenvalue weighted by atomic mass is 9.75. The first kappa shape index (κ1) is 24.7. The van der Waals surface area contributed by atoms with Gasteiger partial charge in [0.1, 0.15) is 5.82 Å². The summed E-state index contributed by atoms with van der Waals surface area (Å²) in [5, 5.41) is 0. The highest BCUT2D eigenvalue weighted by molar-refractivity contribution is 6.10. The molecule has 2 fully saturated rings. The molecule has 0 spiro atoms. The van der Waals surface area contributed by atoms with Crippen LogP contribution in [0.3, 0.4) is 0 Å². The number of methoxy groups -OCH3 is 1. The van der Waals surface area contributed by atoms with Crippen molar-refractivity contribution < 1.29 is 28.3 Å². The number of hydrogen-bond acceptors (Lipinski definition) is 6. The van der Waals surface area contributed by atoms with Crippen molar-refractivity contribution in [2.75, 3.05) is 33.4 Å². The van der Waals surface area contributed by atoms with Gasteiger partial charge in [-0.05, 0) is 18.9 Å². The van der Waals surface area contributed by atoms with Gasteiger partial charge in [0.15, 0.2) is 5.82 Å². The van der Waals surface area contributed by atoms with Crippen LogP contribution in [0.1, 0.15) is 41.9 Å². The first-order chi connectivity index (χ1) is 16.8. The summed E-state index contributed by atoms with van der Waals surface area (Å²) in [6, 6.07) is 5.76. The van der Waals surface area contributed by atoms with Gasteiger partial charge in [0.25, 0.3) is 0 Å². The molecule has 0 radical (unpaired) electrons. The standard InChI is InChI=1S/C25H29FN4O5/c1-28-11-9-27-23(28)22(33)17-6-5-10-29(16-17)20(31)14-25(18-7-3-4-8-19(18)26)15-21(32)30(24(25)34)12-13-35-2/h3-4,7-9,11,17H,5-6,10,12-16H2,1-2H3/t17-,25-/m1/s1. The molecule has 4 rings (SSSR count). The van der Waals surface area contributed by atoms with Crippen LogP contribution in [0.4, 0.5) is 4.39 Å². The van der Waals surface area contributed by atoms with Crippen LogP contribution in [-0.2, 0) is 31.6 Å². The fraction of sp³-hybridized carbons (Fsp3) is 0.480. The Labute approximate surface area is 202 Å². The number of carbonyl (C=O) groups excluding carboxylic acids is 4. The molecule has 9 nitrogen and oxygen atoms in total. The number of hydrogen-bond donors (Lipinski definition) is 0. The number of likely N-dealkylation sites (tertiary alicyclic amines) is 2. The first-order valence-electron chi connectivity index (χ1n) is 11.7. The van der Waals surface area contributed by atoms with Crippen molar-refractivity contribution in [3.8, 4) is 0 Å². The summed E-state index contributed by atoms with van der Waals surface area (Å²) in [7, 11) is 3.19. The third-order valence-electron chi connectivity index (χ3n) is 6.96. The number of aryl methyl sites for hydroxylation is 1. The first-order valence-corrected chi connectivity index (χ1v) is 11.7. The van der Waals surface area contributed by atoms with E-state index >= 15 is 0 Å². The number of halogens is 1. The van der Waals surface area contributed by atoms with Gasteiger partial charge < -0.3 is 14.2 Å². The molecule has 3 amide bonds. The molecule has 2 aromatic rings. The zero-order valence-electron chi connectivity index (χ0n) is 19.9. The van der Waals surface area contributed by atoms with Crippen molar-refractivity contribution in [1.29, 1.82) is 0 Å². The van der Waals surface area contributed by atoms with E-state index in [1.165, 1.54) is 25.3 Å². The molecular weight excluding hydrogens is 455 g/mol. The minimum absolute atomic E-state index is 0.0303. The van der Waals surface area contributed by atoms with Crippen LogP contribution in [0.25, 0.3) is 0 Å². The highest BCUT2D eigenvalue weighted by atomic mass is 19.1. The van der Waals surface area contributed by atoms with E-state index in [0.717, 1.165) is 4.90 Å². The van der Waals surface area contributed by atoms with Crippen molar-refractivity contribution in [2.45, 2.75) is 31.1 Å². The number of rotatable bonds is 8. The van der Waals surface area contributed by atoms with Crippen LogP contribution in [0.15, 0.2) is 36.7 Å². The summed E-state index contributed by atoms with van der Waals surface area (Å²) in [5.74, 6) is -2.33. The zero-order chi connectivity index (χ0) is 25.2. The maximum Gasteiger partial charge on any atom is 0.241 e. The zero-order valence-corrected chi connectivity index (χ0v) is 19.9. The third kappa shape index (κ3) is 4.62. The number of carbonyl (C=O) groups is 4. The average molecular weight is 485 g/mol. The van der Waals surface area contributed by atoms with Crippen molar-refractivity contribution in [2.24, 2.45) is 13.0 Å². The number of Topliss-reactive ketones (excluding diaryl/α,β-unsaturated/α-hetero) is 1. The molecule has 0 unspecified atom stereocenters. The number of ketones is 1. The van der Waals surface area contributed by atoms with Crippen molar-refractivity contribution in [3.63, 3.8) is 0 Å². The van der Waals surface area contributed by atoms with E-state index in [-0.39, 0.29) is 49.8 Å². The summed E-state index contributed by atoms with van der Waals surface area (Å²) in [6.45, 7) is 0.782. The summed E-state index contributed by atoms with van der Waals surface area (Å²) in [4.78, 5) is 59.5. The van der Waals surface area contributed by atoms with Gasteiger partial charge in [-0.1, -0.05) is 18.2 Å². The van der Waals surface area contributed by atoms with Crippen LogP contribution in [0, 0.1) is 11.7 Å². The lowest BCUT2D eigenvalue weighted by Gasteiger charge is -2.35. The maximum absolute atomic E-state index is 14.9. The molecule has 2 aliphatic heterocycles. The molecule has 1 aromatic carbocycles. The fourth-order valence-electron chi connectivity index (χ4n) is 5.08. The van der Waals surface area contributed by atoms with Crippen LogP contribution in [0.5, 0.6) is 0 Å². The molecule has 0 aliphatic carbocycles. The highest BCUT2D eigenvalue weighted by Gasteiger charge is 2.55. The Kier molecular flexibility index (Phi) is 7.11. The Hall–Kier alpha value is -3.40. The smallest absolute Gasteiger partial charge is 0.241 e. The second kappa shape index (κ2) is 10.1. The van der Waals surface area contributed by atoms with E-state index in [0.29, 0.717) is 25.2 Å². The summed E-state index contributed by atoms with van der Waals surface area (Å²) >= 11 is 0. The summed E-state index contributed by atoms with van der Waals surface area (Å²) in [5.41, 5.74) is -1.60. The second-order valence-corrected chi connectivity index (χ2v) is 9.16. The lowest BCUT2D eigenvalue weighted by Crippen LogP contribution is -2.47. The maximum atomic E-state index is 14.9. The number of imide groups is 1. The topological polar surface area (TPSA) is 102 Å². The molecule has 35 heavy (non-hydrogen) atoms. The number of aromatic nitrogens is 2. The Morgan fingerprint density at radius 1 is 1.26 bits per heavy atom. The predicted molar refractivity (Wildman–Crippen MR) is 123 cm³/mol. The minimum Gasteiger partial charge on any atom is -0.383 e. The van der Waals surface area contributed by atoms with E-state index in [9.17, 15) is 23.6 Å². The number of imidazole rings is 1. The van der Waals surface area contributed by atoms with Crippen molar-refractivity contribution >= 4 is 23.5 Å². The van der Waals surface area contributed by atoms with E-state index in [1.54, 1.807) is 35.0 Å². The third-order valence-corrected chi connectivity index (χ3v) is 6.96. The quantitative estimate of drug-likeness (QED) is 0.418. The number of ether oxygens (including phenoxy) is 1. The van der Waals surface area contributed by atoms with Gasteiger partial charge >= 0.3 is 0 Å². The number of nitrogens with zero attached hydrogens (tertiary/aromatic N) is 4. The minimum atomic E-state index is -1.64. The van der Waals surface area contributed by atoms with Gasteiger partial charge in [-0.2, -0.15) is 0 Å². The van der Waals surface area contributed by atoms with Crippen LogP contribution < -0.4 is 0 Å². The molecule has 3 heterocycles. The number of piperidine rings is 1. The van der Waals surface area contributed by atoms with E-state index in [2.05, 4.69) is 4.98 Å². The monoisotopic (exact) mass is 484 g/mol. The molecule has 2 aliphatic rings. The molecule has 1 aromatic heterocycles. The SMILES string of the molecule is COCCN1C(=O)C[C@](CC(=O)N2CCC[C@@H](C(=O)c3nccn3C)C2)(c2ccccc2F)C1=O. The molecule has 0 N–H and O–H groups in total. The Morgan fingerprint density at radius 2 is 2.03 bits per heavy atom. The molecule has 0 saturated carbocycles. The van der Waals surface area contributed by atoms with Crippen molar-refractivity contribution in [1.82, 2.24) is 19.4 Å². The molecule has 2 saturated heterocycles. The Balaban J connectivity index is 1.59. The highest BCUT2D eigenvalue weighted by Crippen LogP contribution is 2.41. The Morgan fingerprint density at radius 3 is 2.71 bits per heavy atom. The van der Waals surface area contributed by atoms with Crippen LogP contribution in [-0.4, -0.2) is 76.2 Å². The summed E-state index contributed by atoms with van der Waals surface area (Å²) in [6.07, 6.45) is 3.82. The average Bonchev–Trinajstić information content (AvgIpc) is 3.38. The van der Waals surface area contributed by atoms with E-state index in [1.807, 2.05) is 0 Å². The molecular formula is C25H29FN4O5.